The lowest BCUT2D eigenvalue weighted by molar-refractivity contribution is -0.733. The van der Waals surface area contributed by atoms with Gasteiger partial charge in [-0.05, 0) is 32.8 Å². The van der Waals surface area contributed by atoms with Crippen LogP contribution < -0.4 is 4.57 Å². The third kappa shape index (κ3) is 7.61. The first-order valence-electron chi connectivity index (χ1n) is 8.69. The Bertz CT molecular complexity index is 378. The molecule has 21 heavy (non-hydrogen) atoms. The van der Waals surface area contributed by atoms with E-state index in [0.29, 0.717) is 6.73 Å². The van der Waals surface area contributed by atoms with E-state index in [4.69, 9.17) is 4.74 Å². The van der Waals surface area contributed by atoms with E-state index in [1.807, 2.05) is 0 Å². The molecular formula is C19H34NO+. The van der Waals surface area contributed by atoms with Crippen molar-refractivity contribution in [1.82, 2.24) is 0 Å². The lowest BCUT2D eigenvalue weighted by Gasteiger charge is -2.05. The predicted octanol–water partition coefficient (Wildman–Crippen LogP) is 5.01. The Kier molecular flexibility index (Phi) is 9.32. The summed E-state index contributed by atoms with van der Waals surface area (Å²) in [5.41, 5.74) is 4.06. The van der Waals surface area contributed by atoms with Gasteiger partial charge in [0.1, 0.15) is 0 Å². The molecule has 0 saturated heterocycles. The van der Waals surface area contributed by atoms with Gasteiger partial charge in [-0.1, -0.05) is 51.9 Å². The molecule has 120 valence electrons. The second-order valence-electron chi connectivity index (χ2n) is 6.28. The minimum atomic E-state index is 0.679. The van der Waals surface area contributed by atoms with Crippen molar-refractivity contribution in [3.8, 4) is 0 Å². The molecule has 0 aliphatic carbocycles. The second kappa shape index (κ2) is 10.8. The molecule has 2 nitrogen and oxygen atoms in total. The predicted molar refractivity (Wildman–Crippen MR) is 89.4 cm³/mol. The Hall–Kier alpha value is -0.890. The van der Waals surface area contributed by atoms with Crippen molar-refractivity contribution in [3.63, 3.8) is 0 Å². The van der Waals surface area contributed by atoms with Gasteiger partial charge in [0.2, 0.25) is 0 Å². The van der Waals surface area contributed by atoms with E-state index < -0.39 is 0 Å². The first-order chi connectivity index (χ1) is 10.1. The number of hydrogen-bond donors (Lipinski definition) is 0. The quantitative estimate of drug-likeness (QED) is 0.412. The Balaban J connectivity index is 2.04. The van der Waals surface area contributed by atoms with Crippen LogP contribution in [0.2, 0.25) is 0 Å². The molecule has 0 saturated carbocycles. The van der Waals surface area contributed by atoms with E-state index >= 15 is 0 Å². The maximum atomic E-state index is 5.78. The molecule has 0 spiro atoms. The summed E-state index contributed by atoms with van der Waals surface area (Å²) >= 11 is 0. The normalized spacial score (nSPS) is 11.0. The van der Waals surface area contributed by atoms with Gasteiger partial charge in [-0.15, -0.1) is 0 Å². The molecule has 1 rings (SSSR count). The highest BCUT2D eigenvalue weighted by Gasteiger charge is 2.06. The van der Waals surface area contributed by atoms with Crippen molar-refractivity contribution >= 4 is 0 Å². The summed E-state index contributed by atoms with van der Waals surface area (Å²) in [5, 5.41) is 0. The standard InChI is InChI=1S/C19H34NO/c1-5-6-7-8-9-10-11-12-13-21-16-20-14-17(2)19(4)18(3)15-20/h14-15H,5-13,16H2,1-4H3/q+1. The number of pyridine rings is 1. The van der Waals surface area contributed by atoms with E-state index in [2.05, 4.69) is 44.7 Å². The number of rotatable bonds is 11. The largest absolute Gasteiger partial charge is 0.323 e. The summed E-state index contributed by atoms with van der Waals surface area (Å²) in [6.45, 7) is 10.3. The molecule has 0 bridgehead atoms. The second-order valence-corrected chi connectivity index (χ2v) is 6.28. The summed E-state index contributed by atoms with van der Waals surface area (Å²) in [4.78, 5) is 0. The molecule has 1 aromatic heterocycles. The molecule has 0 atom stereocenters. The van der Waals surface area contributed by atoms with Crippen molar-refractivity contribution < 1.29 is 9.30 Å². The lowest BCUT2D eigenvalue weighted by Crippen LogP contribution is -2.35. The zero-order chi connectivity index (χ0) is 15.5. The molecular weight excluding hydrogens is 258 g/mol. The number of nitrogens with zero attached hydrogens (tertiary/aromatic N) is 1. The molecule has 0 N–H and O–H groups in total. The van der Waals surface area contributed by atoms with Crippen molar-refractivity contribution in [3.05, 3.63) is 29.1 Å². The topological polar surface area (TPSA) is 13.1 Å². The van der Waals surface area contributed by atoms with Gasteiger partial charge in [-0.2, -0.15) is 4.57 Å². The van der Waals surface area contributed by atoms with Crippen molar-refractivity contribution in [2.45, 2.75) is 85.8 Å². The number of hydrogen-bond acceptors (Lipinski definition) is 1. The summed E-state index contributed by atoms with van der Waals surface area (Å²) < 4.78 is 7.93. The molecule has 0 radical (unpaired) electrons. The van der Waals surface area contributed by atoms with Crippen molar-refractivity contribution in [2.24, 2.45) is 0 Å². The number of unbranched alkanes of at least 4 members (excludes halogenated alkanes) is 7. The SMILES string of the molecule is CCCCCCCCCCOC[n+]1cc(C)c(C)c(C)c1. The maximum Gasteiger partial charge on any atom is 0.252 e. The first kappa shape index (κ1) is 18.2. The van der Waals surface area contributed by atoms with Crippen LogP contribution in [0.1, 0.15) is 75.0 Å². The molecule has 0 fully saturated rings. The Morgan fingerprint density at radius 2 is 1.33 bits per heavy atom. The van der Waals surface area contributed by atoms with E-state index in [1.54, 1.807) is 0 Å². The van der Waals surface area contributed by atoms with Crippen LogP contribution in [0.5, 0.6) is 0 Å². The number of aromatic nitrogens is 1. The van der Waals surface area contributed by atoms with E-state index in [-0.39, 0.29) is 0 Å². The maximum absolute atomic E-state index is 5.78. The molecule has 0 unspecified atom stereocenters. The molecule has 1 heterocycles. The van der Waals surface area contributed by atoms with Gasteiger partial charge in [0.15, 0.2) is 12.4 Å². The van der Waals surface area contributed by atoms with Crippen LogP contribution in [0, 0.1) is 20.8 Å². The molecule has 2 heteroatoms. The van der Waals surface area contributed by atoms with E-state index in [9.17, 15) is 0 Å². The fraction of sp³-hybridized carbons (Fsp3) is 0.737. The zero-order valence-electron chi connectivity index (χ0n) is 14.6. The fourth-order valence-electron chi connectivity index (χ4n) is 2.62. The summed E-state index contributed by atoms with van der Waals surface area (Å²) in [7, 11) is 0. The third-order valence-corrected chi connectivity index (χ3v) is 4.28. The fourth-order valence-corrected chi connectivity index (χ4v) is 2.62. The summed E-state index contributed by atoms with van der Waals surface area (Å²) in [6.07, 6.45) is 15.2. The van der Waals surface area contributed by atoms with Gasteiger partial charge >= 0.3 is 0 Å². The van der Waals surface area contributed by atoms with Crippen LogP contribution in [0.3, 0.4) is 0 Å². The van der Waals surface area contributed by atoms with Gasteiger partial charge < -0.3 is 4.74 Å². The van der Waals surface area contributed by atoms with Gasteiger partial charge in [0, 0.05) is 11.1 Å². The Morgan fingerprint density at radius 1 is 0.810 bits per heavy atom. The van der Waals surface area contributed by atoms with Crippen LogP contribution >= 0.6 is 0 Å². The van der Waals surface area contributed by atoms with Crippen LogP contribution in [-0.4, -0.2) is 6.61 Å². The van der Waals surface area contributed by atoms with Crippen LogP contribution in [0.15, 0.2) is 12.4 Å². The first-order valence-corrected chi connectivity index (χ1v) is 8.69. The van der Waals surface area contributed by atoms with Crippen LogP contribution in [0.4, 0.5) is 0 Å². The third-order valence-electron chi connectivity index (χ3n) is 4.28. The van der Waals surface area contributed by atoms with Gasteiger partial charge in [-0.25, -0.2) is 0 Å². The summed E-state index contributed by atoms with van der Waals surface area (Å²) in [6, 6.07) is 0. The lowest BCUT2D eigenvalue weighted by atomic mass is 10.1. The zero-order valence-corrected chi connectivity index (χ0v) is 14.6. The Labute approximate surface area is 131 Å². The van der Waals surface area contributed by atoms with Crippen molar-refractivity contribution in [1.29, 1.82) is 0 Å². The van der Waals surface area contributed by atoms with Gasteiger partial charge in [0.25, 0.3) is 6.73 Å². The van der Waals surface area contributed by atoms with Crippen molar-refractivity contribution in [2.75, 3.05) is 6.61 Å². The molecule has 0 aromatic carbocycles. The van der Waals surface area contributed by atoms with Gasteiger partial charge in [0.05, 0.1) is 6.61 Å². The highest BCUT2D eigenvalue weighted by molar-refractivity contribution is 5.25. The molecule has 0 amide bonds. The average Bonchev–Trinajstić information content (AvgIpc) is 2.46. The minimum absolute atomic E-state index is 0.679. The minimum Gasteiger partial charge on any atom is -0.323 e. The number of ether oxygens (including phenoxy) is 1. The smallest absolute Gasteiger partial charge is 0.252 e. The summed E-state index contributed by atoms with van der Waals surface area (Å²) in [5.74, 6) is 0. The Morgan fingerprint density at radius 3 is 1.90 bits per heavy atom. The highest BCUT2D eigenvalue weighted by atomic mass is 16.5. The molecule has 0 aliphatic heterocycles. The molecule has 1 aromatic rings. The number of aryl methyl sites for hydroxylation is 2. The highest BCUT2D eigenvalue weighted by Crippen LogP contribution is 2.09. The van der Waals surface area contributed by atoms with E-state index in [0.717, 1.165) is 6.61 Å². The monoisotopic (exact) mass is 292 g/mol. The molecule has 0 aliphatic rings. The van der Waals surface area contributed by atoms with Crippen LogP contribution in [-0.2, 0) is 11.5 Å². The van der Waals surface area contributed by atoms with Gasteiger partial charge in [-0.3, -0.25) is 0 Å². The van der Waals surface area contributed by atoms with Crippen LogP contribution in [0.25, 0.3) is 0 Å². The average molecular weight is 292 g/mol. The van der Waals surface area contributed by atoms with E-state index in [1.165, 1.54) is 68.1 Å².